The van der Waals surface area contributed by atoms with E-state index in [2.05, 4.69) is 10.3 Å². The molecule has 1 amide bonds. The van der Waals surface area contributed by atoms with Crippen molar-refractivity contribution in [2.75, 3.05) is 5.32 Å². The van der Waals surface area contributed by atoms with E-state index >= 15 is 0 Å². The van der Waals surface area contributed by atoms with Crippen molar-refractivity contribution in [3.05, 3.63) is 59.3 Å². The van der Waals surface area contributed by atoms with Gasteiger partial charge in [-0.1, -0.05) is 30.3 Å². The Morgan fingerprint density at radius 3 is 2.77 bits per heavy atom. The minimum Gasteiger partial charge on any atom is -0.375 e. The van der Waals surface area contributed by atoms with E-state index in [4.69, 9.17) is 0 Å². The van der Waals surface area contributed by atoms with Gasteiger partial charge < -0.3 is 10.4 Å². The standard InChI is InChI=1S/C17H18N2O2.ClH/c1-12-8-9-15(18-11-12)19-16(20)17(21)10-4-6-13-5-2-3-7-14(13)17;/h2-3,5,7-9,11,21H,4,6,10H2,1H3,(H,18,19,20);1H. The predicted molar refractivity (Wildman–Crippen MR) is 88.1 cm³/mol. The van der Waals surface area contributed by atoms with E-state index in [0.717, 1.165) is 24.0 Å². The number of nitrogens with zero attached hydrogens (tertiary/aromatic N) is 1. The first-order valence-electron chi connectivity index (χ1n) is 7.14. The van der Waals surface area contributed by atoms with E-state index < -0.39 is 11.5 Å². The number of amides is 1. The fourth-order valence-corrected chi connectivity index (χ4v) is 2.81. The summed E-state index contributed by atoms with van der Waals surface area (Å²) in [7, 11) is 0. The molecule has 1 heterocycles. The summed E-state index contributed by atoms with van der Waals surface area (Å²) in [5.74, 6) is 0.0492. The van der Waals surface area contributed by atoms with Gasteiger partial charge in [-0.2, -0.15) is 0 Å². The molecular weight excluding hydrogens is 300 g/mol. The van der Waals surface area contributed by atoms with Crippen LogP contribution in [0.1, 0.15) is 29.5 Å². The molecule has 3 rings (SSSR count). The number of rotatable bonds is 2. The maximum Gasteiger partial charge on any atom is 0.262 e. The van der Waals surface area contributed by atoms with Crippen molar-refractivity contribution in [3.8, 4) is 0 Å². The number of aromatic nitrogens is 1. The minimum atomic E-state index is -1.47. The molecule has 0 saturated heterocycles. The summed E-state index contributed by atoms with van der Waals surface area (Å²) in [4.78, 5) is 16.7. The molecule has 0 radical (unpaired) electrons. The average Bonchev–Trinajstić information content (AvgIpc) is 2.50. The van der Waals surface area contributed by atoms with Gasteiger partial charge in [-0.3, -0.25) is 4.79 Å². The molecule has 1 atom stereocenters. The van der Waals surface area contributed by atoms with E-state index in [1.165, 1.54) is 0 Å². The van der Waals surface area contributed by atoms with Crippen molar-refractivity contribution in [1.29, 1.82) is 0 Å². The van der Waals surface area contributed by atoms with Crippen molar-refractivity contribution in [3.63, 3.8) is 0 Å². The quantitative estimate of drug-likeness (QED) is 0.895. The second-order valence-electron chi connectivity index (χ2n) is 5.55. The van der Waals surface area contributed by atoms with Gasteiger partial charge >= 0.3 is 0 Å². The van der Waals surface area contributed by atoms with Crippen LogP contribution in [0.25, 0.3) is 0 Å². The Hall–Kier alpha value is -1.91. The number of fused-ring (bicyclic) bond motifs is 1. The molecule has 2 aromatic rings. The normalized spacial score (nSPS) is 19.7. The second kappa shape index (κ2) is 6.46. The Labute approximate surface area is 136 Å². The van der Waals surface area contributed by atoms with Crippen LogP contribution < -0.4 is 5.32 Å². The number of nitrogens with one attached hydrogen (secondary N) is 1. The zero-order chi connectivity index (χ0) is 14.9. The summed E-state index contributed by atoms with van der Waals surface area (Å²) in [6.07, 6.45) is 3.81. The Morgan fingerprint density at radius 2 is 2.05 bits per heavy atom. The number of carbonyl (C=O) groups excluding carboxylic acids is 1. The lowest BCUT2D eigenvalue weighted by Gasteiger charge is -2.33. The highest BCUT2D eigenvalue weighted by Gasteiger charge is 2.41. The lowest BCUT2D eigenvalue weighted by atomic mass is 9.78. The molecule has 22 heavy (non-hydrogen) atoms. The van der Waals surface area contributed by atoms with Crippen LogP contribution in [0.4, 0.5) is 5.82 Å². The molecule has 1 unspecified atom stereocenters. The third-order valence-electron chi connectivity index (χ3n) is 3.98. The topological polar surface area (TPSA) is 62.2 Å². The number of aliphatic hydroxyl groups is 1. The van der Waals surface area contributed by atoms with Crippen LogP contribution in [0.15, 0.2) is 42.6 Å². The van der Waals surface area contributed by atoms with E-state index in [1.807, 2.05) is 37.3 Å². The maximum absolute atomic E-state index is 12.5. The fraction of sp³-hybridized carbons (Fsp3) is 0.294. The summed E-state index contributed by atoms with van der Waals surface area (Å²) in [6, 6.07) is 11.2. The number of pyridine rings is 1. The van der Waals surface area contributed by atoms with Crippen LogP contribution in [-0.4, -0.2) is 16.0 Å². The molecule has 0 aliphatic heterocycles. The first-order valence-corrected chi connectivity index (χ1v) is 7.14. The van der Waals surface area contributed by atoms with E-state index in [-0.39, 0.29) is 12.4 Å². The van der Waals surface area contributed by atoms with Crippen molar-refractivity contribution in [1.82, 2.24) is 4.98 Å². The summed E-state index contributed by atoms with van der Waals surface area (Å²) < 4.78 is 0. The number of hydrogen-bond donors (Lipinski definition) is 2. The lowest BCUT2D eigenvalue weighted by molar-refractivity contribution is -0.136. The monoisotopic (exact) mass is 318 g/mol. The zero-order valence-electron chi connectivity index (χ0n) is 12.4. The van der Waals surface area contributed by atoms with E-state index in [1.54, 1.807) is 12.3 Å². The van der Waals surface area contributed by atoms with Crippen LogP contribution >= 0.6 is 12.4 Å². The summed E-state index contributed by atoms with van der Waals surface area (Å²) >= 11 is 0. The van der Waals surface area contributed by atoms with Crippen molar-refractivity contribution in [2.24, 2.45) is 0 Å². The molecule has 2 N–H and O–H groups in total. The van der Waals surface area contributed by atoms with Gasteiger partial charge in [0.1, 0.15) is 5.82 Å². The lowest BCUT2D eigenvalue weighted by Crippen LogP contribution is -2.43. The highest BCUT2D eigenvalue weighted by molar-refractivity contribution is 5.97. The van der Waals surface area contributed by atoms with Gasteiger partial charge in [0.2, 0.25) is 0 Å². The van der Waals surface area contributed by atoms with Gasteiger partial charge in [0, 0.05) is 6.20 Å². The van der Waals surface area contributed by atoms with Gasteiger partial charge in [0.15, 0.2) is 5.60 Å². The minimum absolute atomic E-state index is 0. The Balaban J connectivity index is 0.00000176. The smallest absolute Gasteiger partial charge is 0.262 e. The fourth-order valence-electron chi connectivity index (χ4n) is 2.81. The Kier molecular flexibility index (Phi) is 4.84. The molecule has 4 nitrogen and oxygen atoms in total. The molecule has 1 aliphatic rings. The van der Waals surface area contributed by atoms with Crippen molar-refractivity contribution >= 4 is 24.1 Å². The second-order valence-corrected chi connectivity index (χ2v) is 5.55. The highest BCUT2D eigenvalue weighted by atomic mass is 35.5. The van der Waals surface area contributed by atoms with Crippen LogP contribution in [0.5, 0.6) is 0 Å². The van der Waals surface area contributed by atoms with E-state index in [0.29, 0.717) is 17.8 Å². The number of benzene rings is 1. The Bertz CT molecular complexity index is 673. The molecule has 5 heteroatoms. The average molecular weight is 319 g/mol. The molecule has 1 aromatic heterocycles. The van der Waals surface area contributed by atoms with Crippen LogP contribution in [0, 0.1) is 6.92 Å². The van der Waals surface area contributed by atoms with Gasteiger partial charge in [-0.15, -0.1) is 12.4 Å². The third-order valence-corrected chi connectivity index (χ3v) is 3.98. The van der Waals surface area contributed by atoms with Crippen LogP contribution in [0.2, 0.25) is 0 Å². The number of anilines is 1. The highest BCUT2D eigenvalue weighted by Crippen LogP contribution is 2.36. The number of hydrogen-bond acceptors (Lipinski definition) is 3. The molecule has 0 spiro atoms. The summed E-state index contributed by atoms with van der Waals surface area (Å²) in [6.45, 7) is 1.93. The van der Waals surface area contributed by atoms with Crippen molar-refractivity contribution in [2.45, 2.75) is 31.8 Å². The molecule has 1 aliphatic carbocycles. The molecule has 116 valence electrons. The first kappa shape index (κ1) is 16.5. The maximum atomic E-state index is 12.5. The molecule has 1 aromatic carbocycles. The zero-order valence-corrected chi connectivity index (χ0v) is 13.2. The van der Waals surface area contributed by atoms with Gasteiger partial charge in [0.05, 0.1) is 0 Å². The number of halogens is 1. The number of carbonyl (C=O) groups is 1. The molecule has 0 bridgehead atoms. The van der Waals surface area contributed by atoms with Gasteiger partial charge in [0.25, 0.3) is 5.91 Å². The number of aryl methyl sites for hydroxylation is 2. The molecular formula is C17H19ClN2O2. The molecule has 0 saturated carbocycles. The Morgan fingerprint density at radius 1 is 1.27 bits per heavy atom. The van der Waals surface area contributed by atoms with Crippen LogP contribution in [0.3, 0.4) is 0 Å². The first-order chi connectivity index (χ1) is 10.1. The van der Waals surface area contributed by atoms with Crippen molar-refractivity contribution < 1.29 is 9.90 Å². The molecule has 0 fully saturated rings. The predicted octanol–water partition coefficient (Wildman–Crippen LogP) is 2.97. The van der Waals surface area contributed by atoms with Gasteiger partial charge in [-0.05, 0) is 48.9 Å². The largest absolute Gasteiger partial charge is 0.375 e. The van der Waals surface area contributed by atoms with Gasteiger partial charge in [-0.25, -0.2) is 4.98 Å². The summed E-state index contributed by atoms with van der Waals surface area (Å²) in [5.41, 5.74) is 1.30. The van der Waals surface area contributed by atoms with Crippen LogP contribution in [-0.2, 0) is 16.8 Å². The summed E-state index contributed by atoms with van der Waals surface area (Å²) in [5, 5.41) is 13.6. The van der Waals surface area contributed by atoms with E-state index in [9.17, 15) is 9.90 Å². The third kappa shape index (κ3) is 2.98. The SMILES string of the molecule is Cc1ccc(NC(=O)C2(O)CCCc3ccccc32)nc1.Cl.